The summed E-state index contributed by atoms with van der Waals surface area (Å²) in [4.78, 5) is 16.4. The summed E-state index contributed by atoms with van der Waals surface area (Å²) >= 11 is 5.90. The molecule has 0 bridgehead atoms. The number of aromatic nitrogens is 5. The van der Waals surface area contributed by atoms with E-state index in [2.05, 4.69) is 32.2 Å². The van der Waals surface area contributed by atoms with E-state index < -0.39 is 0 Å². The summed E-state index contributed by atoms with van der Waals surface area (Å²) in [6.45, 7) is 3.09. The van der Waals surface area contributed by atoms with Crippen LogP contribution in [0.15, 0.2) is 18.7 Å². The molecule has 7 heteroatoms. The standard InChI is InChI=1S/C11H13ClN6/c1-11(2-3-11)6-14-9-15-8(12)16-10(17-9)18-5-4-13-7-18/h4-5,7H,2-3,6H2,1H3,(H,14,15,16,17). The number of anilines is 1. The number of nitrogens with zero attached hydrogens (tertiary/aromatic N) is 5. The van der Waals surface area contributed by atoms with Gasteiger partial charge in [-0.3, -0.25) is 4.57 Å². The van der Waals surface area contributed by atoms with Gasteiger partial charge in [0.05, 0.1) is 0 Å². The number of halogens is 1. The van der Waals surface area contributed by atoms with E-state index in [-0.39, 0.29) is 5.28 Å². The van der Waals surface area contributed by atoms with Gasteiger partial charge in [0.2, 0.25) is 17.2 Å². The van der Waals surface area contributed by atoms with Gasteiger partial charge >= 0.3 is 0 Å². The van der Waals surface area contributed by atoms with E-state index in [1.54, 1.807) is 23.3 Å². The van der Waals surface area contributed by atoms with Gasteiger partial charge < -0.3 is 5.32 Å². The van der Waals surface area contributed by atoms with Crippen LogP contribution in [-0.4, -0.2) is 31.0 Å². The monoisotopic (exact) mass is 264 g/mol. The largest absolute Gasteiger partial charge is 0.353 e. The minimum Gasteiger partial charge on any atom is -0.353 e. The zero-order valence-electron chi connectivity index (χ0n) is 9.97. The number of hydrogen-bond acceptors (Lipinski definition) is 5. The Balaban J connectivity index is 1.82. The van der Waals surface area contributed by atoms with Crippen LogP contribution in [0.2, 0.25) is 5.28 Å². The molecule has 94 valence electrons. The highest BCUT2D eigenvalue weighted by Crippen LogP contribution is 2.44. The van der Waals surface area contributed by atoms with E-state index in [0.717, 1.165) is 6.54 Å². The second kappa shape index (κ2) is 4.20. The van der Waals surface area contributed by atoms with Gasteiger partial charge in [0.15, 0.2) is 0 Å². The number of hydrogen-bond donors (Lipinski definition) is 1. The molecule has 0 saturated heterocycles. The van der Waals surface area contributed by atoms with Gasteiger partial charge in [-0.15, -0.1) is 0 Å². The zero-order chi connectivity index (χ0) is 12.6. The lowest BCUT2D eigenvalue weighted by molar-refractivity contribution is 0.607. The molecule has 0 aliphatic heterocycles. The Morgan fingerprint density at radius 2 is 2.22 bits per heavy atom. The molecule has 3 rings (SSSR count). The Hall–Kier alpha value is -1.69. The van der Waals surface area contributed by atoms with Gasteiger partial charge in [-0.25, -0.2) is 4.98 Å². The summed E-state index contributed by atoms with van der Waals surface area (Å²) in [6, 6.07) is 0. The molecule has 0 atom stereocenters. The SMILES string of the molecule is CC1(CNc2nc(Cl)nc(-n3ccnc3)n2)CC1. The lowest BCUT2D eigenvalue weighted by atomic mass is 10.1. The molecule has 0 radical (unpaired) electrons. The van der Waals surface area contributed by atoms with E-state index in [4.69, 9.17) is 11.6 Å². The fourth-order valence-corrected chi connectivity index (χ4v) is 1.75. The van der Waals surface area contributed by atoms with Crippen molar-refractivity contribution in [2.45, 2.75) is 19.8 Å². The van der Waals surface area contributed by atoms with Gasteiger partial charge in [0.1, 0.15) is 6.33 Å². The molecule has 1 saturated carbocycles. The highest BCUT2D eigenvalue weighted by atomic mass is 35.5. The van der Waals surface area contributed by atoms with Crippen molar-refractivity contribution in [3.05, 3.63) is 24.0 Å². The van der Waals surface area contributed by atoms with Crippen molar-refractivity contribution in [2.75, 3.05) is 11.9 Å². The maximum Gasteiger partial charge on any atom is 0.241 e. The van der Waals surface area contributed by atoms with Crippen molar-refractivity contribution in [1.82, 2.24) is 24.5 Å². The molecule has 6 nitrogen and oxygen atoms in total. The van der Waals surface area contributed by atoms with Crippen molar-refractivity contribution < 1.29 is 0 Å². The van der Waals surface area contributed by atoms with E-state index in [1.807, 2.05) is 0 Å². The predicted molar refractivity (Wildman–Crippen MR) is 67.8 cm³/mol. The van der Waals surface area contributed by atoms with Gasteiger partial charge in [0.25, 0.3) is 0 Å². The minimum atomic E-state index is 0.178. The van der Waals surface area contributed by atoms with Gasteiger partial charge in [0, 0.05) is 18.9 Å². The Morgan fingerprint density at radius 1 is 1.39 bits per heavy atom. The Labute approximate surface area is 109 Å². The maximum atomic E-state index is 5.90. The minimum absolute atomic E-state index is 0.178. The molecule has 0 unspecified atom stereocenters. The summed E-state index contributed by atoms with van der Waals surface area (Å²) in [5.74, 6) is 0.975. The third-order valence-corrected chi connectivity index (χ3v) is 3.28. The van der Waals surface area contributed by atoms with Crippen LogP contribution in [0.1, 0.15) is 19.8 Å². The molecule has 0 aromatic carbocycles. The average Bonchev–Trinajstić information content (AvgIpc) is 2.88. The molecule has 18 heavy (non-hydrogen) atoms. The molecular formula is C11H13ClN6. The highest BCUT2D eigenvalue weighted by molar-refractivity contribution is 6.28. The summed E-state index contributed by atoms with van der Waals surface area (Å²) < 4.78 is 1.69. The third-order valence-electron chi connectivity index (χ3n) is 3.11. The third kappa shape index (κ3) is 2.43. The fourth-order valence-electron chi connectivity index (χ4n) is 1.59. The van der Waals surface area contributed by atoms with Crippen molar-refractivity contribution in [3.63, 3.8) is 0 Å². The molecule has 0 amide bonds. The highest BCUT2D eigenvalue weighted by Gasteiger charge is 2.37. The van der Waals surface area contributed by atoms with Crippen molar-refractivity contribution in [3.8, 4) is 5.95 Å². The van der Waals surface area contributed by atoms with Crippen LogP contribution < -0.4 is 5.32 Å². The normalized spacial score (nSPS) is 16.6. The molecular weight excluding hydrogens is 252 g/mol. The Morgan fingerprint density at radius 3 is 2.89 bits per heavy atom. The number of rotatable bonds is 4. The summed E-state index contributed by atoms with van der Waals surface area (Å²) in [5.41, 5.74) is 0.383. The second-order valence-corrected chi connectivity index (χ2v) is 5.20. The summed E-state index contributed by atoms with van der Waals surface area (Å²) in [5, 5.41) is 3.39. The van der Waals surface area contributed by atoms with E-state index in [9.17, 15) is 0 Å². The fraction of sp³-hybridized carbons (Fsp3) is 0.455. The lowest BCUT2D eigenvalue weighted by Gasteiger charge is -2.10. The van der Waals surface area contributed by atoms with E-state index in [1.165, 1.54) is 12.8 Å². The molecule has 2 aromatic rings. The van der Waals surface area contributed by atoms with Crippen LogP contribution in [0.3, 0.4) is 0 Å². The average molecular weight is 265 g/mol. The van der Waals surface area contributed by atoms with Crippen LogP contribution in [0.4, 0.5) is 5.95 Å². The molecule has 1 fully saturated rings. The lowest BCUT2D eigenvalue weighted by Crippen LogP contribution is -2.15. The van der Waals surface area contributed by atoms with Crippen LogP contribution in [-0.2, 0) is 0 Å². The first-order valence-corrected chi connectivity index (χ1v) is 6.16. The van der Waals surface area contributed by atoms with Crippen molar-refractivity contribution in [1.29, 1.82) is 0 Å². The number of imidazole rings is 1. The quantitative estimate of drug-likeness (QED) is 0.914. The van der Waals surface area contributed by atoms with Crippen LogP contribution in [0, 0.1) is 5.41 Å². The maximum absolute atomic E-state index is 5.90. The molecule has 0 spiro atoms. The first-order chi connectivity index (χ1) is 8.65. The number of nitrogens with one attached hydrogen (secondary N) is 1. The molecule has 2 heterocycles. The van der Waals surface area contributed by atoms with Gasteiger partial charge in [-0.2, -0.15) is 15.0 Å². The Bertz CT molecular complexity index is 549. The van der Waals surface area contributed by atoms with Crippen LogP contribution in [0.25, 0.3) is 5.95 Å². The van der Waals surface area contributed by atoms with Gasteiger partial charge in [-0.05, 0) is 29.9 Å². The predicted octanol–water partition coefficient (Wildman–Crippen LogP) is 1.92. The molecule has 1 N–H and O–H groups in total. The second-order valence-electron chi connectivity index (χ2n) is 4.86. The van der Waals surface area contributed by atoms with E-state index in [0.29, 0.717) is 17.3 Å². The van der Waals surface area contributed by atoms with E-state index >= 15 is 0 Å². The Kier molecular flexibility index (Phi) is 2.66. The van der Waals surface area contributed by atoms with Crippen LogP contribution >= 0.6 is 11.6 Å². The molecule has 1 aliphatic carbocycles. The smallest absolute Gasteiger partial charge is 0.241 e. The van der Waals surface area contributed by atoms with Crippen molar-refractivity contribution in [2.24, 2.45) is 5.41 Å². The zero-order valence-corrected chi connectivity index (χ0v) is 10.7. The topological polar surface area (TPSA) is 68.5 Å². The van der Waals surface area contributed by atoms with Crippen molar-refractivity contribution >= 4 is 17.5 Å². The summed E-state index contributed by atoms with van der Waals surface area (Å²) in [6.07, 6.45) is 7.53. The summed E-state index contributed by atoms with van der Waals surface area (Å²) in [7, 11) is 0. The first-order valence-electron chi connectivity index (χ1n) is 5.78. The van der Waals surface area contributed by atoms with Crippen LogP contribution in [0.5, 0.6) is 0 Å². The first kappa shape index (κ1) is 11.4. The van der Waals surface area contributed by atoms with Gasteiger partial charge in [-0.1, -0.05) is 6.92 Å². The molecule has 2 aromatic heterocycles. The molecule has 1 aliphatic rings.